The number of aromatic nitrogens is 2. The molecule has 3 aromatic rings. The molecule has 0 radical (unpaired) electrons. The largest absolute Gasteiger partial charge is 0.399 e. The van der Waals surface area contributed by atoms with Gasteiger partial charge < -0.3 is 20.9 Å². The first-order valence-corrected chi connectivity index (χ1v) is 11.2. The van der Waals surface area contributed by atoms with E-state index in [0.29, 0.717) is 6.04 Å². The van der Waals surface area contributed by atoms with E-state index in [1.54, 1.807) is 0 Å². The second kappa shape index (κ2) is 9.02. The van der Waals surface area contributed by atoms with Gasteiger partial charge in [-0.25, -0.2) is 4.98 Å². The third-order valence-electron chi connectivity index (χ3n) is 5.61. The molecule has 1 aromatic heterocycles. The van der Waals surface area contributed by atoms with Gasteiger partial charge in [0, 0.05) is 68.6 Å². The Hall–Kier alpha value is -2.64. The van der Waals surface area contributed by atoms with Gasteiger partial charge in [-0.1, -0.05) is 24.3 Å². The highest BCUT2D eigenvalue weighted by molar-refractivity contribution is 7.09. The van der Waals surface area contributed by atoms with Crippen LogP contribution < -0.4 is 20.9 Å². The Balaban J connectivity index is 1.61. The molecule has 2 atom stereocenters. The standard InChI is InChI=1S/C23H30N6S/c1-16-15-29(13-12-25-16)23-26-22(27-30-23)21(18-6-8-19(24)9-7-18)14-17-4-10-20(11-5-17)28(2)3/h4-11,16,21,25H,12-15,24H2,1-3H3. The third kappa shape index (κ3) is 4.74. The zero-order valence-electron chi connectivity index (χ0n) is 17.9. The summed E-state index contributed by atoms with van der Waals surface area (Å²) in [6.45, 7) is 5.13. The minimum Gasteiger partial charge on any atom is -0.399 e. The first kappa shape index (κ1) is 20.6. The normalized spacial score (nSPS) is 17.7. The van der Waals surface area contributed by atoms with Crippen LogP contribution in [0.25, 0.3) is 0 Å². The predicted molar refractivity (Wildman–Crippen MR) is 127 cm³/mol. The molecule has 30 heavy (non-hydrogen) atoms. The molecule has 4 rings (SSSR count). The maximum Gasteiger partial charge on any atom is 0.205 e. The van der Waals surface area contributed by atoms with Crippen molar-refractivity contribution in [3.63, 3.8) is 0 Å². The van der Waals surface area contributed by atoms with Gasteiger partial charge in [0.2, 0.25) is 5.13 Å². The molecule has 0 saturated carbocycles. The fourth-order valence-corrected chi connectivity index (χ4v) is 4.61. The molecule has 1 aliphatic rings. The van der Waals surface area contributed by atoms with E-state index >= 15 is 0 Å². The van der Waals surface area contributed by atoms with Crippen LogP contribution in [0.5, 0.6) is 0 Å². The number of nitrogens with one attached hydrogen (secondary N) is 1. The molecule has 2 aromatic carbocycles. The minimum absolute atomic E-state index is 0.0983. The number of hydrogen-bond acceptors (Lipinski definition) is 7. The van der Waals surface area contributed by atoms with Crippen LogP contribution in [-0.2, 0) is 6.42 Å². The Morgan fingerprint density at radius 1 is 1.17 bits per heavy atom. The van der Waals surface area contributed by atoms with Crippen molar-refractivity contribution in [2.45, 2.75) is 25.3 Å². The summed E-state index contributed by atoms with van der Waals surface area (Å²) in [5.74, 6) is 0.990. The Labute approximate surface area is 182 Å². The van der Waals surface area contributed by atoms with Crippen molar-refractivity contribution in [1.82, 2.24) is 14.7 Å². The quantitative estimate of drug-likeness (QED) is 0.594. The van der Waals surface area contributed by atoms with Crippen LogP contribution in [-0.4, -0.2) is 49.1 Å². The SMILES string of the molecule is CC1CN(c2nc(C(Cc3ccc(N(C)C)cc3)c3ccc(N)cc3)ns2)CCN1. The van der Waals surface area contributed by atoms with E-state index in [9.17, 15) is 0 Å². The Bertz CT molecular complexity index is 951. The van der Waals surface area contributed by atoms with Crippen molar-refractivity contribution >= 4 is 28.0 Å². The van der Waals surface area contributed by atoms with E-state index in [1.807, 2.05) is 12.1 Å². The fraction of sp³-hybridized carbons (Fsp3) is 0.391. The number of hydrogen-bond donors (Lipinski definition) is 2. The van der Waals surface area contributed by atoms with E-state index in [0.717, 1.165) is 42.7 Å². The van der Waals surface area contributed by atoms with E-state index in [4.69, 9.17) is 15.1 Å². The van der Waals surface area contributed by atoms with Crippen LogP contribution in [0, 0.1) is 0 Å². The number of piperazine rings is 1. The van der Waals surface area contributed by atoms with Crippen LogP contribution in [0.2, 0.25) is 0 Å². The van der Waals surface area contributed by atoms with Crippen LogP contribution in [0.4, 0.5) is 16.5 Å². The van der Waals surface area contributed by atoms with Crippen LogP contribution in [0.3, 0.4) is 0 Å². The lowest BCUT2D eigenvalue weighted by atomic mass is 9.91. The van der Waals surface area contributed by atoms with Crippen LogP contribution >= 0.6 is 11.5 Å². The summed E-state index contributed by atoms with van der Waals surface area (Å²) in [7, 11) is 4.12. The third-order valence-corrected chi connectivity index (χ3v) is 6.40. The van der Waals surface area contributed by atoms with Crippen molar-refractivity contribution < 1.29 is 0 Å². The second-order valence-corrected chi connectivity index (χ2v) is 8.95. The Morgan fingerprint density at radius 2 is 1.90 bits per heavy atom. The lowest BCUT2D eigenvalue weighted by Crippen LogP contribution is -2.49. The molecule has 1 saturated heterocycles. The lowest BCUT2D eigenvalue weighted by Gasteiger charge is -2.31. The fourth-order valence-electron chi connectivity index (χ4n) is 3.85. The molecule has 158 valence electrons. The van der Waals surface area contributed by atoms with Crippen LogP contribution in [0.15, 0.2) is 48.5 Å². The number of nitrogen functional groups attached to an aromatic ring is 1. The molecule has 0 aliphatic carbocycles. The van der Waals surface area contributed by atoms with Gasteiger partial charge in [0.15, 0.2) is 5.82 Å². The summed E-state index contributed by atoms with van der Waals surface area (Å²) in [4.78, 5) is 9.43. The summed E-state index contributed by atoms with van der Waals surface area (Å²) < 4.78 is 4.79. The zero-order chi connectivity index (χ0) is 21.1. The summed E-state index contributed by atoms with van der Waals surface area (Å²) in [6.07, 6.45) is 0.853. The van der Waals surface area contributed by atoms with Crippen molar-refractivity contribution in [3.05, 3.63) is 65.5 Å². The van der Waals surface area contributed by atoms with Gasteiger partial charge in [0.25, 0.3) is 0 Å². The van der Waals surface area contributed by atoms with Gasteiger partial charge in [-0.2, -0.15) is 4.37 Å². The number of nitrogens with zero attached hydrogens (tertiary/aromatic N) is 4. The highest BCUT2D eigenvalue weighted by atomic mass is 32.1. The topological polar surface area (TPSA) is 70.3 Å². The smallest absolute Gasteiger partial charge is 0.205 e. The predicted octanol–water partition coefficient (Wildman–Crippen LogP) is 3.36. The molecule has 0 bridgehead atoms. The van der Waals surface area contributed by atoms with Gasteiger partial charge >= 0.3 is 0 Å². The molecular weight excluding hydrogens is 392 g/mol. The average molecular weight is 423 g/mol. The molecule has 1 aliphatic heterocycles. The zero-order valence-corrected chi connectivity index (χ0v) is 18.7. The summed E-state index contributed by atoms with van der Waals surface area (Å²) >= 11 is 1.51. The number of anilines is 3. The second-order valence-electron chi connectivity index (χ2n) is 8.22. The first-order valence-electron chi connectivity index (χ1n) is 10.4. The number of nitrogens with two attached hydrogens (primary N) is 1. The maximum absolute atomic E-state index is 5.93. The highest BCUT2D eigenvalue weighted by Gasteiger charge is 2.24. The highest BCUT2D eigenvalue weighted by Crippen LogP contribution is 2.31. The summed E-state index contributed by atoms with van der Waals surface area (Å²) in [6, 6.07) is 17.3. The summed E-state index contributed by atoms with van der Waals surface area (Å²) in [5, 5.41) is 4.50. The number of benzene rings is 2. The van der Waals surface area contributed by atoms with E-state index in [1.165, 1.54) is 28.3 Å². The number of rotatable bonds is 6. The molecule has 0 spiro atoms. The summed E-state index contributed by atoms with van der Waals surface area (Å²) in [5.41, 5.74) is 10.4. The minimum atomic E-state index is 0.0983. The lowest BCUT2D eigenvalue weighted by molar-refractivity contribution is 0.484. The molecule has 7 heteroatoms. The Morgan fingerprint density at radius 3 is 2.57 bits per heavy atom. The van der Waals surface area contributed by atoms with Gasteiger partial charge in [-0.05, 0) is 48.7 Å². The molecule has 0 amide bonds. The van der Waals surface area contributed by atoms with Crippen LogP contribution in [0.1, 0.15) is 29.8 Å². The monoisotopic (exact) mass is 422 g/mol. The average Bonchev–Trinajstić information content (AvgIpc) is 3.23. The van der Waals surface area contributed by atoms with E-state index < -0.39 is 0 Å². The maximum atomic E-state index is 5.93. The van der Waals surface area contributed by atoms with E-state index in [2.05, 4.69) is 72.5 Å². The first-order chi connectivity index (χ1) is 14.5. The van der Waals surface area contributed by atoms with Gasteiger partial charge in [-0.15, -0.1) is 0 Å². The van der Waals surface area contributed by atoms with Crippen molar-refractivity contribution in [3.8, 4) is 0 Å². The molecule has 1 fully saturated rings. The Kier molecular flexibility index (Phi) is 6.20. The molecule has 2 heterocycles. The van der Waals surface area contributed by atoms with Gasteiger partial charge in [0.1, 0.15) is 0 Å². The van der Waals surface area contributed by atoms with Crippen molar-refractivity contribution in [1.29, 1.82) is 0 Å². The van der Waals surface area contributed by atoms with Gasteiger partial charge in [0.05, 0.1) is 0 Å². The van der Waals surface area contributed by atoms with Gasteiger partial charge in [-0.3, -0.25) is 0 Å². The molecule has 6 nitrogen and oxygen atoms in total. The molecule has 2 unspecified atom stereocenters. The van der Waals surface area contributed by atoms with Crippen molar-refractivity contribution in [2.24, 2.45) is 0 Å². The molecular formula is C23H30N6S. The van der Waals surface area contributed by atoms with E-state index in [-0.39, 0.29) is 5.92 Å². The van der Waals surface area contributed by atoms with Crippen molar-refractivity contribution in [2.75, 3.05) is 49.3 Å². The molecule has 3 N–H and O–H groups in total.